The van der Waals surface area contributed by atoms with Gasteiger partial charge in [-0.15, -0.1) is 0 Å². The van der Waals surface area contributed by atoms with Crippen LogP contribution in [0.3, 0.4) is 0 Å². The molecule has 0 unspecified atom stereocenters. The summed E-state index contributed by atoms with van der Waals surface area (Å²) in [6, 6.07) is 14.7. The molecule has 2 aromatic carbocycles. The van der Waals surface area contributed by atoms with Crippen LogP contribution >= 0.6 is 11.6 Å². The van der Waals surface area contributed by atoms with Crippen LogP contribution in [0.5, 0.6) is 0 Å². The lowest BCUT2D eigenvalue weighted by Crippen LogP contribution is -1.88. The second-order valence-electron chi connectivity index (χ2n) is 3.44. The third kappa shape index (κ3) is 2.75. The van der Waals surface area contributed by atoms with Crippen molar-refractivity contribution in [1.82, 2.24) is 0 Å². The molecule has 0 aromatic heterocycles. The maximum absolute atomic E-state index is 10.9. The fourth-order valence-corrected chi connectivity index (χ4v) is 1.66. The predicted octanol–water partition coefficient (Wildman–Crippen LogP) is 3.55. The van der Waals surface area contributed by atoms with Crippen LogP contribution in [-0.4, -0.2) is 6.29 Å². The molecule has 0 saturated carbocycles. The van der Waals surface area contributed by atoms with Crippen LogP contribution in [0.1, 0.15) is 21.5 Å². The van der Waals surface area contributed by atoms with Crippen molar-refractivity contribution < 1.29 is 4.79 Å². The summed E-state index contributed by atoms with van der Waals surface area (Å²) in [4.78, 5) is 10.9. The van der Waals surface area contributed by atoms with Crippen molar-refractivity contribution in [3.8, 4) is 11.8 Å². The van der Waals surface area contributed by atoms with Crippen molar-refractivity contribution in [1.29, 1.82) is 0 Å². The molecule has 0 amide bonds. The molecule has 82 valence electrons. The minimum Gasteiger partial charge on any atom is -0.298 e. The molecule has 0 N–H and O–H groups in total. The van der Waals surface area contributed by atoms with E-state index in [-0.39, 0.29) is 0 Å². The van der Waals surface area contributed by atoms with Crippen LogP contribution < -0.4 is 0 Å². The summed E-state index contributed by atoms with van der Waals surface area (Å²) in [5, 5.41) is 0.498. The quantitative estimate of drug-likeness (QED) is 0.550. The van der Waals surface area contributed by atoms with Crippen molar-refractivity contribution in [3.05, 3.63) is 70.2 Å². The Hall–Kier alpha value is -2.04. The lowest BCUT2D eigenvalue weighted by molar-refractivity contribution is 0.112. The molecule has 0 aliphatic rings. The Labute approximate surface area is 105 Å². The number of hydrogen-bond donors (Lipinski definition) is 0. The molecule has 0 atom stereocenters. The normalized spacial score (nSPS) is 9.24. The van der Waals surface area contributed by atoms with E-state index in [9.17, 15) is 4.79 Å². The highest BCUT2D eigenvalue weighted by Gasteiger charge is 2.02. The van der Waals surface area contributed by atoms with E-state index < -0.39 is 0 Å². The van der Waals surface area contributed by atoms with Crippen molar-refractivity contribution in [2.45, 2.75) is 0 Å². The monoisotopic (exact) mass is 240 g/mol. The zero-order chi connectivity index (χ0) is 12.1. The topological polar surface area (TPSA) is 17.1 Å². The van der Waals surface area contributed by atoms with E-state index in [1.807, 2.05) is 30.3 Å². The van der Waals surface area contributed by atoms with Gasteiger partial charge in [0, 0.05) is 11.1 Å². The molecule has 0 bridgehead atoms. The highest BCUT2D eigenvalue weighted by atomic mass is 35.5. The molecule has 0 fully saturated rings. The van der Waals surface area contributed by atoms with Gasteiger partial charge in [0.1, 0.15) is 0 Å². The predicted molar refractivity (Wildman–Crippen MR) is 69.3 cm³/mol. The average molecular weight is 241 g/mol. The Balaban J connectivity index is 2.43. The Morgan fingerprint density at radius 2 is 1.71 bits per heavy atom. The molecule has 0 radical (unpaired) electrons. The van der Waals surface area contributed by atoms with Gasteiger partial charge in [0.25, 0.3) is 0 Å². The molecular formula is C15H9ClO. The van der Waals surface area contributed by atoms with Gasteiger partial charge in [-0.25, -0.2) is 0 Å². The molecule has 1 nitrogen and oxygen atoms in total. The number of carbonyl (C=O) groups is 1. The smallest absolute Gasteiger partial charge is 0.151 e. The molecule has 0 heterocycles. The number of halogens is 1. The van der Waals surface area contributed by atoms with Crippen LogP contribution in [0, 0.1) is 11.8 Å². The standard InChI is InChI=1S/C15H9ClO/c16-15-8-4-7-13(11-17)14(15)10-9-12-5-2-1-3-6-12/h1-8,11H. The van der Waals surface area contributed by atoms with Crippen molar-refractivity contribution >= 4 is 17.9 Å². The Bertz CT molecular complexity index is 591. The third-order valence-corrected chi connectivity index (χ3v) is 2.59. The van der Waals surface area contributed by atoms with E-state index >= 15 is 0 Å². The number of carbonyl (C=O) groups excluding carboxylic acids is 1. The van der Waals surface area contributed by atoms with E-state index in [4.69, 9.17) is 11.6 Å². The highest BCUT2D eigenvalue weighted by molar-refractivity contribution is 6.32. The fraction of sp³-hybridized carbons (Fsp3) is 0. The molecule has 0 saturated heterocycles. The first-order chi connectivity index (χ1) is 8.31. The van der Waals surface area contributed by atoms with E-state index in [1.165, 1.54) is 0 Å². The number of benzene rings is 2. The molecule has 2 rings (SSSR count). The summed E-state index contributed by atoms with van der Waals surface area (Å²) in [7, 11) is 0. The zero-order valence-corrected chi connectivity index (χ0v) is 9.74. The summed E-state index contributed by atoms with van der Waals surface area (Å²) < 4.78 is 0. The third-order valence-electron chi connectivity index (χ3n) is 2.28. The second-order valence-corrected chi connectivity index (χ2v) is 3.85. The Kier molecular flexibility index (Phi) is 3.59. The van der Waals surface area contributed by atoms with E-state index in [0.717, 1.165) is 11.8 Å². The molecule has 0 spiro atoms. The van der Waals surface area contributed by atoms with Gasteiger partial charge in [0.2, 0.25) is 0 Å². The fourth-order valence-electron chi connectivity index (χ4n) is 1.43. The molecule has 0 aliphatic carbocycles. The largest absolute Gasteiger partial charge is 0.298 e. The first-order valence-corrected chi connectivity index (χ1v) is 5.50. The van der Waals surface area contributed by atoms with Crippen LogP contribution in [0.25, 0.3) is 0 Å². The molecule has 17 heavy (non-hydrogen) atoms. The van der Waals surface area contributed by atoms with Gasteiger partial charge in [-0.3, -0.25) is 4.79 Å². The molecule has 2 heteroatoms. The second kappa shape index (κ2) is 5.34. The minimum atomic E-state index is 0.498. The first kappa shape index (κ1) is 11.4. The summed E-state index contributed by atoms with van der Waals surface area (Å²) in [5.41, 5.74) is 1.98. The van der Waals surface area contributed by atoms with Crippen molar-refractivity contribution in [2.24, 2.45) is 0 Å². The minimum absolute atomic E-state index is 0.498. The summed E-state index contributed by atoms with van der Waals surface area (Å²) in [6.07, 6.45) is 0.765. The van der Waals surface area contributed by atoms with Gasteiger partial charge in [-0.2, -0.15) is 0 Å². The number of hydrogen-bond acceptors (Lipinski definition) is 1. The van der Waals surface area contributed by atoms with Gasteiger partial charge in [0.15, 0.2) is 6.29 Å². The lowest BCUT2D eigenvalue weighted by Gasteiger charge is -1.98. The summed E-state index contributed by atoms with van der Waals surface area (Å²) in [6.45, 7) is 0. The Morgan fingerprint density at radius 3 is 2.41 bits per heavy atom. The maximum atomic E-state index is 10.9. The van der Waals surface area contributed by atoms with Crippen LogP contribution in [0.15, 0.2) is 48.5 Å². The van der Waals surface area contributed by atoms with E-state index in [0.29, 0.717) is 16.1 Å². The summed E-state index contributed by atoms with van der Waals surface area (Å²) >= 11 is 6.01. The lowest BCUT2D eigenvalue weighted by atomic mass is 10.1. The maximum Gasteiger partial charge on any atom is 0.151 e. The zero-order valence-electron chi connectivity index (χ0n) is 8.98. The van der Waals surface area contributed by atoms with Crippen LogP contribution in [0.4, 0.5) is 0 Å². The summed E-state index contributed by atoms with van der Waals surface area (Å²) in [5.74, 6) is 5.92. The SMILES string of the molecule is O=Cc1cccc(Cl)c1C#Cc1ccccc1. The van der Waals surface area contributed by atoms with Gasteiger partial charge in [-0.1, -0.05) is 53.8 Å². The Morgan fingerprint density at radius 1 is 0.941 bits per heavy atom. The van der Waals surface area contributed by atoms with Crippen LogP contribution in [0.2, 0.25) is 5.02 Å². The first-order valence-electron chi connectivity index (χ1n) is 5.12. The van der Waals surface area contributed by atoms with E-state index in [2.05, 4.69) is 11.8 Å². The van der Waals surface area contributed by atoms with Gasteiger partial charge >= 0.3 is 0 Å². The van der Waals surface area contributed by atoms with Crippen molar-refractivity contribution in [2.75, 3.05) is 0 Å². The molecular weight excluding hydrogens is 232 g/mol. The number of aldehydes is 1. The van der Waals surface area contributed by atoms with Gasteiger partial charge < -0.3 is 0 Å². The van der Waals surface area contributed by atoms with Gasteiger partial charge in [0.05, 0.1) is 10.6 Å². The average Bonchev–Trinajstić information content (AvgIpc) is 2.38. The van der Waals surface area contributed by atoms with Crippen molar-refractivity contribution in [3.63, 3.8) is 0 Å². The van der Waals surface area contributed by atoms with Crippen LogP contribution in [-0.2, 0) is 0 Å². The highest BCUT2D eigenvalue weighted by Crippen LogP contribution is 2.17. The molecule has 0 aliphatic heterocycles. The van der Waals surface area contributed by atoms with Gasteiger partial charge in [-0.05, 0) is 18.2 Å². The number of rotatable bonds is 1. The molecule has 2 aromatic rings. The van der Waals surface area contributed by atoms with E-state index in [1.54, 1.807) is 18.2 Å².